The minimum absolute atomic E-state index is 0.0770. The molecule has 0 saturated heterocycles. The number of hydrogen-bond acceptors (Lipinski definition) is 2. The Hall–Kier alpha value is -1.65. The van der Waals surface area contributed by atoms with Gasteiger partial charge < -0.3 is 10.1 Å². The number of carbonyl (C=O) groups is 1. The second-order valence-corrected chi connectivity index (χ2v) is 3.27. The number of benzene rings is 1. The van der Waals surface area contributed by atoms with E-state index in [0.29, 0.717) is 0 Å². The number of hydrogen-bond donors (Lipinski definition) is 1. The van der Waals surface area contributed by atoms with Crippen LogP contribution < -0.4 is 5.32 Å². The highest BCUT2D eigenvalue weighted by atomic mass is 19.3. The Labute approximate surface area is 92.4 Å². The van der Waals surface area contributed by atoms with E-state index in [9.17, 15) is 13.6 Å². The van der Waals surface area contributed by atoms with Crippen molar-refractivity contribution in [3.05, 3.63) is 35.9 Å². The molecule has 88 valence electrons. The molecule has 1 N–H and O–H groups in total. The number of nitrogens with one attached hydrogen (secondary N) is 1. The van der Waals surface area contributed by atoms with Crippen molar-refractivity contribution in [3.63, 3.8) is 0 Å². The summed E-state index contributed by atoms with van der Waals surface area (Å²) in [7, 11) is 1.14. The van der Waals surface area contributed by atoms with E-state index in [1.54, 1.807) is 30.3 Å². The van der Waals surface area contributed by atoms with Crippen molar-refractivity contribution in [2.45, 2.75) is 18.9 Å². The van der Waals surface area contributed by atoms with E-state index in [1.807, 2.05) is 0 Å². The molecule has 0 aromatic heterocycles. The van der Waals surface area contributed by atoms with Gasteiger partial charge in [0.25, 0.3) is 6.43 Å². The van der Waals surface area contributed by atoms with Gasteiger partial charge in [0.1, 0.15) is 0 Å². The van der Waals surface area contributed by atoms with E-state index < -0.39 is 18.6 Å². The number of rotatable bonds is 4. The van der Waals surface area contributed by atoms with Gasteiger partial charge in [0.2, 0.25) is 0 Å². The van der Waals surface area contributed by atoms with Gasteiger partial charge in [-0.3, -0.25) is 0 Å². The molecule has 3 nitrogen and oxygen atoms in total. The monoisotopic (exact) mass is 229 g/mol. The first kappa shape index (κ1) is 12.4. The number of methoxy groups -OCH3 is 1. The Kier molecular flexibility index (Phi) is 4.69. The van der Waals surface area contributed by atoms with Crippen LogP contribution in [0, 0.1) is 0 Å². The highest BCUT2D eigenvalue weighted by Gasteiger charge is 2.22. The molecule has 1 atom stereocenters. The topological polar surface area (TPSA) is 38.3 Å². The van der Waals surface area contributed by atoms with Crippen LogP contribution in [0.5, 0.6) is 0 Å². The second kappa shape index (κ2) is 6.05. The fourth-order valence-electron chi connectivity index (χ4n) is 1.28. The van der Waals surface area contributed by atoms with E-state index in [4.69, 9.17) is 0 Å². The van der Waals surface area contributed by atoms with Crippen LogP contribution in [0.25, 0.3) is 0 Å². The van der Waals surface area contributed by atoms with Crippen LogP contribution in [0.4, 0.5) is 13.6 Å². The third-order valence-electron chi connectivity index (χ3n) is 2.09. The number of amides is 1. The molecule has 0 aliphatic rings. The summed E-state index contributed by atoms with van der Waals surface area (Å²) in [5.74, 6) is 0. The zero-order valence-electron chi connectivity index (χ0n) is 8.82. The maximum Gasteiger partial charge on any atom is 0.407 e. The Bertz CT molecular complexity index is 330. The lowest BCUT2D eigenvalue weighted by Crippen LogP contribution is -2.41. The van der Waals surface area contributed by atoms with Crippen LogP contribution in [-0.4, -0.2) is 25.7 Å². The summed E-state index contributed by atoms with van der Waals surface area (Å²) in [6.45, 7) is 0. The van der Waals surface area contributed by atoms with Gasteiger partial charge >= 0.3 is 6.09 Å². The summed E-state index contributed by atoms with van der Waals surface area (Å²) in [5.41, 5.74) is 0.740. The number of carbonyl (C=O) groups excluding carboxylic acids is 1. The van der Waals surface area contributed by atoms with Gasteiger partial charge in [0.15, 0.2) is 0 Å². The van der Waals surface area contributed by atoms with Crippen LogP contribution in [0.2, 0.25) is 0 Å². The first-order valence-electron chi connectivity index (χ1n) is 4.80. The summed E-state index contributed by atoms with van der Waals surface area (Å²) in [6, 6.07) is 7.55. The standard InChI is InChI=1S/C11H13F2NO2/c1-16-11(15)14-9(10(12)13)7-8-5-3-2-4-6-8/h2-6,9-10H,7H2,1H3,(H,14,15). The van der Waals surface area contributed by atoms with E-state index in [0.717, 1.165) is 12.7 Å². The lowest BCUT2D eigenvalue weighted by atomic mass is 10.1. The fraction of sp³-hybridized carbons (Fsp3) is 0.364. The average molecular weight is 229 g/mol. The van der Waals surface area contributed by atoms with E-state index in [2.05, 4.69) is 10.1 Å². The molecule has 0 saturated carbocycles. The third-order valence-corrected chi connectivity index (χ3v) is 2.09. The molecule has 0 radical (unpaired) electrons. The maximum absolute atomic E-state index is 12.6. The summed E-state index contributed by atoms with van der Waals surface area (Å²) in [4.78, 5) is 10.9. The Morgan fingerprint density at radius 3 is 2.50 bits per heavy atom. The van der Waals surface area contributed by atoms with E-state index >= 15 is 0 Å². The summed E-state index contributed by atoms with van der Waals surface area (Å²) in [5, 5.41) is 2.10. The molecule has 1 aromatic rings. The quantitative estimate of drug-likeness (QED) is 0.859. The van der Waals surface area contributed by atoms with Crippen LogP contribution >= 0.6 is 0 Å². The van der Waals surface area contributed by atoms with Gasteiger partial charge in [-0.2, -0.15) is 0 Å². The molecule has 0 bridgehead atoms. The summed E-state index contributed by atoms with van der Waals surface area (Å²) >= 11 is 0. The smallest absolute Gasteiger partial charge is 0.407 e. The second-order valence-electron chi connectivity index (χ2n) is 3.27. The average Bonchev–Trinajstić information content (AvgIpc) is 2.29. The lowest BCUT2D eigenvalue weighted by Gasteiger charge is -2.16. The van der Waals surface area contributed by atoms with Crippen molar-refractivity contribution in [3.8, 4) is 0 Å². The lowest BCUT2D eigenvalue weighted by molar-refractivity contribution is 0.0904. The van der Waals surface area contributed by atoms with E-state index in [-0.39, 0.29) is 6.42 Å². The fourth-order valence-corrected chi connectivity index (χ4v) is 1.28. The number of halogens is 2. The highest BCUT2D eigenvalue weighted by Crippen LogP contribution is 2.09. The van der Waals surface area contributed by atoms with Crippen molar-refractivity contribution in [1.29, 1.82) is 0 Å². The Balaban J connectivity index is 2.62. The van der Waals surface area contributed by atoms with Crippen molar-refractivity contribution >= 4 is 6.09 Å². The van der Waals surface area contributed by atoms with Crippen LogP contribution in [0.3, 0.4) is 0 Å². The molecule has 0 spiro atoms. The van der Waals surface area contributed by atoms with Crippen LogP contribution in [-0.2, 0) is 11.2 Å². The molecular formula is C11H13F2NO2. The number of alkyl carbamates (subject to hydrolysis) is 1. The molecule has 0 heterocycles. The number of alkyl halides is 2. The molecule has 0 aliphatic carbocycles. The largest absolute Gasteiger partial charge is 0.453 e. The Morgan fingerprint density at radius 2 is 2.00 bits per heavy atom. The van der Waals surface area contributed by atoms with Crippen LogP contribution in [0.15, 0.2) is 30.3 Å². The SMILES string of the molecule is COC(=O)NC(Cc1ccccc1)C(F)F. The van der Waals surface area contributed by atoms with Crippen molar-refractivity contribution in [2.75, 3.05) is 7.11 Å². The normalized spacial score (nSPS) is 12.2. The predicted molar refractivity (Wildman–Crippen MR) is 55.5 cm³/mol. The highest BCUT2D eigenvalue weighted by molar-refractivity contribution is 5.67. The van der Waals surface area contributed by atoms with Crippen molar-refractivity contribution in [1.82, 2.24) is 5.32 Å². The van der Waals surface area contributed by atoms with Crippen LogP contribution in [0.1, 0.15) is 5.56 Å². The van der Waals surface area contributed by atoms with Gasteiger partial charge in [0, 0.05) is 0 Å². The molecule has 1 unspecified atom stereocenters. The maximum atomic E-state index is 12.6. The minimum atomic E-state index is -2.63. The zero-order valence-corrected chi connectivity index (χ0v) is 8.82. The first-order chi connectivity index (χ1) is 7.63. The van der Waals surface area contributed by atoms with Gasteiger partial charge in [-0.15, -0.1) is 0 Å². The molecule has 1 aromatic carbocycles. The molecule has 1 rings (SSSR count). The van der Waals surface area contributed by atoms with Crippen molar-refractivity contribution in [2.24, 2.45) is 0 Å². The van der Waals surface area contributed by atoms with E-state index in [1.165, 1.54) is 0 Å². The summed E-state index contributed by atoms with van der Waals surface area (Å²) in [6.07, 6.45) is -3.39. The molecule has 1 amide bonds. The molecule has 0 fully saturated rings. The first-order valence-corrected chi connectivity index (χ1v) is 4.80. The molecule has 5 heteroatoms. The summed E-state index contributed by atoms with van der Waals surface area (Å²) < 4.78 is 29.5. The molecular weight excluding hydrogens is 216 g/mol. The van der Waals surface area contributed by atoms with Gasteiger partial charge in [-0.25, -0.2) is 13.6 Å². The predicted octanol–water partition coefficient (Wildman–Crippen LogP) is 2.22. The van der Waals surface area contributed by atoms with Crippen molar-refractivity contribution < 1.29 is 18.3 Å². The van der Waals surface area contributed by atoms with Gasteiger partial charge in [-0.05, 0) is 12.0 Å². The van der Waals surface area contributed by atoms with Gasteiger partial charge in [-0.1, -0.05) is 30.3 Å². The minimum Gasteiger partial charge on any atom is -0.453 e. The molecule has 0 aliphatic heterocycles. The molecule has 16 heavy (non-hydrogen) atoms. The number of ether oxygens (including phenoxy) is 1. The Morgan fingerprint density at radius 1 is 1.38 bits per heavy atom. The van der Waals surface area contributed by atoms with Gasteiger partial charge in [0.05, 0.1) is 13.2 Å². The zero-order chi connectivity index (χ0) is 12.0. The third kappa shape index (κ3) is 3.84.